The van der Waals surface area contributed by atoms with E-state index >= 15 is 0 Å². The van der Waals surface area contributed by atoms with E-state index in [0.29, 0.717) is 0 Å². The summed E-state index contributed by atoms with van der Waals surface area (Å²) in [6, 6.07) is 0.187. The number of hydrogen-bond donors (Lipinski definition) is 2. The molecule has 0 aromatic rings. The van der Waals surface area contributed by atoms with E-state index in [1.165, 1.54) is 0 Å². The Labute approximate surface area is 41.7 Å². The van der Waals surface area contributed by atoms with Crippen LogP contribution in [0.5, 0.6) is 0 Å². The van der Waals surface area contributed by atoms with E-state index in [-0.39, 0.29) is 11.5 Å². The van der Waals surface area contributed by atoms with Gasteiger partial charge < -0.3 is 5.73 Å². The van der Waals surface area contributed by atoms with Crippen molar-refractivity contribution >= 4 is 11.6 Å². The molecule has 1 fully saturated rings. The van der Waals surface area contributed by atoms with Crippen molar-refractivity contribution in [3.05, 3.63) is 0 Å². The van der Waals surface area contributed by atoms with Gasteiger partial charge in [0.25, 0.3) is 0 Å². The Morgan fingerprint density at radius 1 is 1.83 bits per heavy atom. The van der Waals surface area contributed by atoms with E-state index in [1.54, 1.807) is 0 Å². The Kier molecular flexibility index (Phi) is 0.998. The standard InChI is InChI=1S/C3H7ClN2/c4-3-2(5)1-6-3/h2-3,6H,1,5H2/t2?,3-/m0/s1. The second-order valence-electron chi connectivity index (χ2n) is 1.47. The van der Waals surface area contributed by atoms with Crippen LogP contribution in [0.3, 0.4) is 0 Å². The maximum Gasteiger partial charge on any atom is 0.0991 e. The smallest absolute Gasteiger partial charge is 0.0991 e. The molecule has 0 radical (unpaired) electrons. The van der Waals surface area contributed by atoms with Gasteiger partial charge in [0.2, 0.25) is 0 Å². The Morgan fingerprint density at radius 3 is 2.33 bits per heavy atom. The predicted molar refractivity (Wildman–Crippen MR) is 25.6 cm³/mol. The fraction of sp³-hybridized carbons (Fsp3) is 1.00. The monoisotopic (exact) mass is 106 g/mol. The van der Waals surface area contributed by atoms with Gasteiger partial charge in [-0.2, -0.15) is 0 Å². The van der Waals surface area contributed by atoms with Crippen LogP contribution in [-0.2, 0) is 0 Å². The van der Waals surface area contributed by atoms with E-state index in [0.717, 1.165) is 6.54 Å². The van der Waals surface area contributed by atoms with Gasteiger partial charge in [0, 0.05) is 12.6 Å². The van der Waals surface area contributed by atoms with Crippen molar-refractivity contribution in [1.82, 2.24) is 5.32 Å². The van der Waals surface area contributed by atoms with Crippen LogP contribution in [0, 0.1) is 0 Å². The molecule has 0 spiro atoms. The van der Waals surface area contributed by atoms with Crippen LogP contribution in [0.4, 0.5) is 0 Å². The van der Waals surface area contributed by atoms with Gasteiger partial charge in [-0.05, 0) is 0 Å². The lowest BCUT2D eigenvalue weighted by molar-refractivity contribution is 0.402. The van der Waals surface area contributed by atoms with E-state index in [9.17, 15) is 0 Å². The molecule has 3 heteroatoms. The lowest BCUT2D eigenvalue weighted by Gasteiger charge is -2.29. The van der Waals surface area contributed by atoms with Crippen LogP contribution in [-0.4, -0.2) is 18.1 Å². The number of nitrogens with one attached hydrogen (secondary N) is 1. The van der Waals surface area contributed by atoms with Crippen molar-refractivity contribution in [3.63, 3.8) is 0 Å². The summed E-state index contributed by atoms with van der Waals surface area (Å²) in [5.41, 5.74) is 5.36. The fourth-order valence-corrected chi connectivity index (χ4v) is 0.521. The molecule has 0 aromatic carbocycles. The highest BCUT2D eigenvalue weighted by molar-refractivity contribution is 6.21. The summed E-state index contributed by atoms with van der Waals surface area (Å²) in [4.78, 5) is 0. The molecule has 1 aliphatic heterocycles. The van der Waals surface area contributed by atoms with Crippen molar-refractivity contribution < 1.29 is 0 Å². The van der Waals surface area contributed by atoms with Gasteiger partial charge in [-0.3, -0.25) is 5.32 Å². The van der Waals surface area contributed by atoms with E-state index in [1.807, 2.05) is 0 Å². The fourth-order valence-electron chi connectivity index (χ4n) is 0.343. The molecule has 1 unspecified atom stereocenters. The molecule has 36 valence electrons. The zero-order valence-corrected chi connectivity index (χ0v) is 4.07. The molecule has 1 aliphatic rings. The molecule has 1 saturated heterocycles. The van der Waals surface area contributed by atoms with Gasteiger partial charge in [-0.1, -0.05) is 0 Å². The molecule has 0 aromatic heterocycles. The van der Waals surface area contributed by atoms with Gasteiger partial charge in [0.1, 0.15) is 0 Å². The summed E-state index contributed by atoms with van der Waals surface area (Å²) in [5.74, 6) is 0. The molecular weight excluding hydrogens is 99.5 g/mol. The summed E-state index contributed by atoms with van der Waals surface area (Å²) in [6.07, 6.45) is 0. The molecule has 6 heavy (non-hydrogen) atoms. The van der Waals surface area contributed by atoms with Crippen LogP contribution in [0.25, 0.3) is 0 Å². The van der Waals surface area contributed by atoms with Crippen molar-refractivity contribution in [2.75, 3.05) is 6.54 Å². The third-order valence-corrected chi connectivity index (χ3v) is 1.40. The summed E-state index contributed by atoms with van der Waals surface area (Å²) >= 11 is 5.46. The Bertz CT molecular complexity index is 48.8. The van der Waals surface area contributed by atoms with E-state index in [4.69, 9.17) is 17.3 Å². The second-order valence-corrected chi connectivity index (χ2v) is 1.94. The Morgan fingerprint density at radius 2 is 2.33 bits per heavy atom. The zero-order chi connectivity index (χ0) is 4.57. The third-order valence-electron chi connectivity index (χ3n) is 0.924. The normalized spacial score (nSPS) is 45.0. The molecule has 0 aliphatic carbocycles. The van der Waals surface area contributed by atoms with Crippen LogP contribution in [0.15, 0.2) is 0 Å². The topological polar surface area (TPSA) is 38.0 Å². The number of nitrogens with two attached hydrogens (primary N) is 1. The minimum absolute atomic E-state index is 0.0324. The largest absolute Gasteiger partial charge is 0.324 e. The highest BCUT2D eigenvalue weighted by atomic mass is 35.5. The lowest BCUT2D eigenvalue weighted by Crippen LogP contribution is -2.58. The van der Waals surface area contributed by atoms with E-state index < -0.39 is 0 Å². The van der Waals surface area contributed by atoms with Crippen molar-refractivity contribution in [3.8, 4) is 0 Å². The highest BCUT2D eigenvalue weighted by Gasteiger charge is 2.22. The number of rotatable bonds is 0. The SMILES string of the molecule is NC1CN[C@@H]1Cl. The summed E-state index contributed by atoms with van der Waals surface area (Å²) in [7, 11) is 0. The first-order chi connectivity index (χ1) is 2.80. The van der Waals surface area contributed by atoms with E-state index in [2.05, 4.69) is 5.32 Å². The molecule has 2 nitrogen and oxygen atoms in total. The minimum atomic E-state index is 0.0324. The van der Waals surface area contributed by atoms with Gasteiger partial charge in [-0.15, -0.1) is 11.6 Å². The van der Waals surface area contributed by atoms with Gasteiger partial charge in [0.15, 0.2) is 0 Å². The van der Waals surface area contributed by atoms with Crippen molar-refractivity contribution in [2.24, 2.45) is 5.73 Å². The van der Waals surface area contributed by atoms with Crippen LogP contribution < -0.4 is 11.1 Å². The number of alkyl halides is 1. The first kappa shape index (κ1) is 4.37. The average molecular weight is 107 g/mol. The summed E-state index contributed by atoms with van der Waals surface area (Å²) in [5, 5.41) is 2.90. The van der Waals surface area contributed by atoms with Crippen LogP contribution in [0.2, 0.25) is 0 Å². The first-order valence-electron chi connectivity index (χ1n) is 1.94. The zero-order valence-electron chi connectivity index (χ0n) is 3.32. The molecule has 0 amide bonds. The molecule has 1 rings (SSSR count). The molecule has 0 bridgehead atoms. The van der Waals surface area contributed by atoms with Crippen LogP contribution in [0.1, 0.15) is 0 Å². The van der Waals surface area contributed by atoms with Gasteiger partial charge in [-0.25, -0.2) is 0 Å². The highest BCUT2D eigenvalue weighted by Crippen LogP contribution is 2.03. The first-order valence-corrected chi connectivity index (χ1v) is 2.37. The minimum Gasteiger partial charge on any atom is -0.324 e. The second kappa shape index (κ2) is 1.37. The Balaban J connectivity index is 2.20. The lowest BCUT2D eigenvalue weighted by atomic mass is 10.2. The van der Waals surface area contributed by atoms with Crippen molar-refractivity contribution in [1.29, 1.82) is 0 Å². The Hall–Kier alpha value is 0.210. The van der Waals surface area contributed by atoms with Crippen LogP contribution >= 0.6 is 11.6 Å². The maximum absolute atomic E-state index is 5.46. The predicted octanol–water partition coefficient (Wildman–Crippen LogP) is -0.518. The molecule has 1 heterocycles. The average Bonchev–Trinajstić information content (AvgIpc) is 1.61. The number of halogens is 1. The number of hydrogen-bond acceptors (Lipinski definition) is 2. The maximum atomic E-state index is 5.46. The molecular formula is C3H7ClN2. The quantitative estimate of drug-likeness (QED) is 0.322. The molecule has 0 saturated carbocycles. The van der Waals surface area contributed by atoms with Gasteiger partial charge in [0.05, 0.1) is 5.50 Å². The molecule has 3 N–H and O–H groups in total. The van der Waals surface area contributed by atoms with Gasteiger partial charge >= 0.3 is 0 Å². The van der Waals surface area contributed by atoms with Crippen molar-refractivity contribution in [2.45, 2.75) is 11.5 Å². The summed E-state index contributed by atoms with van der Waals surface area (Å²) in [6.45, 7) is 0.869. The summed E-state index contributed by atoms with van der Waals surface area (Å²) < 4.78 is 0. The third kappa shape index (κ3) is 0.511. The molecule has 2 atom stereocenters.